The Morgan fingerprint density at radius 1 is 1.24 bits per heavy atom. The predicted octanol–water partition coefficient (Wildman–Crippen LogP) is 3.79. The van der Waals surface area contributed by atoms with Crippen LogP contribution in [0, 0.1) is 0 Å². The third-order valence-corrected chi connectivity index (χ3v) is 3.69. The van der Waals surface area contributed by atoms with Crippen LogP contribution in [0.5, 0.6) is 0 Å². The summed E-state index contributed by atoms with van der Waals surface area (Å²) in [5, 5.41) is 0.716. The summed E-state index contributed by atoms with van der Waals surface area (Å²) in [5.74, 6) is 0.916. The van der Waals surface area contributed by atoms with E-state index in [1.165, 1.54) is 0 Å². The highest BCUT2D eigenvalue weighted by Gasteiger charge is 2.15. The number of nitrogens with two attached hydrogens (primary N) is 1. The zero-order chi connectivity index (χ0) is 15.0. The maximum Gasteiger partial charge on any atom is 0.141 e. The van der Waals surface area contributed by atoms with Gasteiger partial charge in [0.25, 0.3) is 0 Å². The van der Waals surface area contributed by atoms with Gasteiger partial charge in [0.2, 0.25) is 0 Å². The van der Waals surface area contributed by atoms with Crippen LogP contribution in [0.1, 0.15) is 25.6 Å². The Balaban J connectivity index is 2.28. The standard InChI is InChI=1S/C16H17ClN4/c1-10(2)21-15-8-12(17)3-4-14(15)20-16(21)11-5-6-19-13(7-11)9-18/h3-8,10H,9,18H2,1-2H3. The van der Waals surface area contributed by atoms with Crippen molar-refractivity contribution < 1.29 is 0 Å². The van der Waals surface area contributed by atoms with E-state index in [-0.39, 0.29) is 6.04 Å². The van der Waals surface area contributed by atoms with Gasteiger partial charge >= 0.3 is 0 Å². The van der Waals surface area contributed by atoms with Crippen molar-refractivity contribution in [1.29, 1.82) is 0 Å². The number of rotatable bonds is 3. The minimum Gasteiger partial charge on any atom is -0.325 e. The van der Waals surface area contributed by atoms with E-state index in [1.54, 1.807) is 6.20 Å². The Kier molecular flexibility index (Phi) is 3.66. The molecule has 2 aromatic heterocycles. The van der Waals surface area contributed by atoms with Gasteiger partial charge in [-0.15, -0.1) is 0 Å². The molecule has 108 valence electrons. The minimum absolute atomic E-state index is 0.276. The number of hydrogen-bond acceptors (Lipinski definition) is 3. The van der Waals surface area contributed by atoms with Gasteiger partial charge in [0.05, 0.1) is 16.7 Å². The zero-order valence-corrected chi connectivity index (χ0v) is 12.8. The van der Waals surface area contributed by atoms with Crippen molar-refractivity contribution in [1.82, 2.24) is 14.5 Å². The highest BCUT2D eigenvalue weighted by atomic mass is 35.5. The Morgan fingerprint density at radius 2 is 2.05 bits per heavy atom. The van der Waals surface area contributed by atoms with Crippen LogP contribution in [-0.2, 0) is 6.54 Å². The number of halogens is 1. The van der Waals surface area contributed by atoms with Gasteiger partial charge in [0.1, 0.15) is 5.82 Å². The fraction of sp³-hybridized carbons (Fsp3) is 0.250. The third kappa shape index (κ3) is 2.52. The average molecular weight is 301 g/mol. The molecule has 0 aliphatic heterocycles. The number of imidazole rings is 1. The fourth-order valence-corrected chi connectivity index (χ4v) is 2.69. The van der Waals surface area contributed by atoms with Crippen LogP contribution in [0.4, 0.5) is 0 Å². The molecule has 0 spiro atoms. The molecule has 0 saturated carbocycles. The SMILES string of the molecule is CC(C)n1c(-c2ccnc(CN)c2)nc2ccc(Cl)cc21. The van der Waals surface area contributed by atoms with Crippen LogP contribution >= 0.6 is 11.6 Å². The maximum absolute atomic E-state index is 6.13. The molecular formula is C16H17ClN4. The van der Waals surface area contributed by atoms with E-state index in [2.05, 4.69) is 23.4 Å². The van der Waals surface area contributed by atoms with E-state index in [0.29, 0.717) is 11.6 Å². The first-order chi connectivity index (χ1) is 10.1. The van der Waals surface area contributed by atoms with Crippen molar-refractivity contribution in [3.8, 4) is 11.4 Å². The van der Waals surface area contributed by atoms with E-state index in [9.17, 15) is 0 Å². The smallest absolute Gasteiger partial charge is 0.141 e. The molecule has 0 amide bonds. The van der Waals surface area contributed by atoms with Crippen molar-refractivity contribution in [3.63, 3.8) is 0 Å². The Hall–Kier alpha value is -1.91. The molecule has 5 heteroatoms. The van der Waals surface area contributed by atoms with Gasteiger partial charge in [0.15, 0.2) is 0 Å². The summed E-state index contributed by atoms with van der Waals surface area (Å²) < 4.78 is 2.19. The van der Waals surface area contributed by atoms with Crippen molar-refractivity contribution >= 4 is 22.6 Å². The normalized spacial score (nSPS) is 11.5. The number of aromatic nitrogens is 3. The van der Waals surface area contributed by atoms with E-state index in [1.807, 2.05) is 30.3 Å². The monoisotopic (exact) mass is 300 g/mol. The van der Waals surface area contributed by atoms with Gasteiger partial charge in [-0.25, -0.2) is 4.98 Å². The molecule has 2 N–H and O–H groups in total. The van der Waals surface area contributed by atoms with Crippen LogP contribution in [-0.4, -0.2) is 14.5 Å². The lowest BCUT2D eigenvalue weighted by Gasteiger charge is -2.13. The molecule has 0 atom stereocenters. The summed E-state index contributed by atoms with van der Waals surface area (Å²) in [5.41, 5.74) is 9.54. The first-order valence-corrected chi connectivity index (χ1v) is 7.31. The maximum atomic E-state index is 6.13. The lowest BCUT2D eigenvalue weighted by atomic mass is 10.2. The van der Waals surface area contributed by atoms with E-state index < -0.39 is 0 Å². The minimum atomic E-state index is 0.276. The Morgan fingerprint density at radius 3 is 2.76 bits per heavy atom. The molecular weight excluding hydrogens is 284 g/mol. The van der Waals surface area contributed by atoms with Gasteiger partial charge in [-0.3, -0.25) is 4.98 Å². The number of benzene rings is 1. The number of hydrogen-bond donors (Lipinski definition) is 1. The third-order valence-electron chi connectivity index (χ3n) is 3.45. The van der Waals surface area contributed by atoms with Crippen LogP contribution in [0.2, 0.25) is 5.02 Å². The molecule has 0 unspecified atom stereocenters. The first kappa shape index (κ1) is 14.0. The van der Waals surface area contributed by atoms with Crippen LogP contribution < -0.4 is 5.73 Å². The van der Waals surface area contributed by atoms with Gasteiger partial charge in [0, 0.05) is 29.4 Å². The quantitative estimate of drug-likeness (QED) is 0.800. The topological polar surface area (TPSA) is 56.7 Å². The lowest BCUT2D eigenvalue weighted by Crippen LogP contribution is -2.04. The largest absolute Gasteiger partial charge is 0.325 e. The summed E-state index contributed by atoms with van der Waals surface area (Å²) >= 11 is 6.13. The second-order valence-corrected chi connectivity index (χ2v) is 5.71. The molecule has 2 heterocycles. The fourth-order valence-electron chi connectivity index (χ4n) is 2.52. The molecule has 3 rings (SSSR count). The second-order valence-electron chi connectivity index (χ2n) is 5.27. The lowest BCUT2D eigenvalue weighted by molar-refractivity contribution is 0.624. The molecule has 3 aromatic rings. The summed E-state index contributed by atoms with van der Waals surface area (Å²) in [4.78, 5) is 9.00. The summed E-state index contributed by atoms with van der Waals surface area (Å²) in [6.07, 6.45) is 1.77. The van der Waals surface area contributed by atoms with Crippen molar-refractivity contribution in [2.45, 2.75) is 26.4 Å². The summed E-state index contributed by atoms with van der Waals surface area (Å²) in [6, 6.07) is 9.99. The first-order valence-electron chi connectivity index (χ1n) is 6.93. The Bertz CT molecular complexity index is 792. The number of nitrogens with zero attached hydrogens (tertiary/aromatic N) is 3. The van der Waals surface area contributed by atoms with Crippen LogP contribution in [0.15, 0.2) is 36.5 Å². The predicted molar refractivity (Wildman–Crippen MR) is 86.3 cm³/mol. The molecule has 4 nitrogen and oxygen atoms in total. The van der Waals surface area contributed by atoms with E-state index in [0.717, 1.165) is 28.1 Å². The van der Waals surface area contributed by atoms with Crippen LogP contribution in [0.25, 0.3) is 22.4 Å². The molecule has 21 heavy (non-hydrogen) atoms. The molecule has 0 aliphatic rings. The summed E-state index contributed by atoms with van der Waals surface area (Å²) in [7, 11) is 0. The summed E-state index contributed by atoms with van der Waals surface area (Å²) in [6.45, 7) is 4.69. The Labute approximate surface area is 128 Å². The van der Waals surface area contributed by atoms with Gasteiger partial charge in [-0.05, 0) is 44.2 Å². The highest BCUT2D eigenvalue weighted by molar-refractivity contribution is 6.31. The highest BCUT2D eigenvalue weighted by Crippen LogP contribution is 2.30. The van der Waals surface area contributed by atoms with Crippen molar-refractivity contribution in [2.24, 2.45) is 5.73 Å². The van der Waals surface area contributed by atoms with E-state index >= 15 is 0 Å². The molecule has 0 fully saturated rings. The number of pyridine rings is 1. The zero-order valence-electron chi connectivity index (χ0n) is 12.0. The van der Waals surface area contributed by atoms with Gasteiger partial charge in [-0.2, -0.15) is 0 Å². The van der Waals surface area contributed by atoms with E-state index in [4.69, 9.17) is 22.3 Å². The number of fused-ring (bicyclic) bond motifs is 1. The molecule has 0 radical (unpaired) electrons. The van der Waals surface area contributed by atoms with Crippen molar-refractivity contribution in [3.05, 3.63) is 47.2 Å². The average Bonchev–Trinajstić information content (AvgIpc) is 2.86. The van der Waals surface area contributed by atoms with Gasteiger partial charge < -0.3 is 10.3 Å². The van der Waals surface area contributed by atoms with Crippen molar-refractivity contribution in [2.75, 3.05) is 0 Å². The van der Waals surface area contributed by atoms with Gasteiger partial charge in [-0.1, -0.05) is 11.6 Å². The molecule has 0 bridgehead atoms. The molecule has 0 saturated heterocycles. The molecule has 1 aromatic carbocycles. The molecule has 0 aliphatic carbocycles. The second kappa shape index (κ2) is 5.47. The van der Waals surface area contributed by atoms with Crippen LogP contribution in [0.3, 0.4) is 0 Å².